The molecule has 0 bridgehead atoms. The summed E-state index contributed by atoms with van der Waals surface area (Å²) >= 11 is 0. The molecule has 3 N–H and O–H groups in total. The molecule has 26 heavy (non-hydrogen) atoms. The molecule has 0 aromatic carbocycles. The minimum absolute atomic E-state index is 0.000120. The largest absolute Gasteiger partial charge is 0.505 e. The summed E-state index contributed by atoms with van der Waals surface area (Å²) in [5.41, 5.74) is 2.81. The molecule has 3 unspecified atom stereocenters. The van der Waals surface area contributed by atoms with Gasteiger partial charge in [-0.1, -0.05) is 32.1 Å². The third-order valence-electron chi connectivity index (χ3n) is 5.40. The molecule has 144 valence electrons. The Balaban J connectivity index is 1.98. The number of aliphatic hydroxyl groups is 3. The normalized spacial score (nSPS) is 36.7. The van der Waals surface area contributed by atoms with Crippen molar-refractivity contribution in [1.82, 2.24) is 0 Å². The van der Waals surface area contributed by atoms with Crippen LogP contribution in [-0.2, 0) is 14.2 Å². The monoisotopic (exact) mass is 364 g/mol. The van der Waals surface area contributed by atoms with Gasteiger partial charge < -0.3 is 29.5 Å². The van der Waals surface area contributed by atoms with Crippen molar-refractivity contribution in [1.29, 1.82) is 0 Å². The second kappa shape index (κ2) is 6.15. The van der Waals surface area contributed by atoms with E-state index in [0.29, 0.717) is 6.42 Å². The molecule has 2 heterocycles. The van der Waals surface area contributed by atoms with Crippen molar-refractivity contribution in [2.75, 3.05) is 6.61 Å². The van der Waals surface area contributed by atoms with E-state index < -0.39 is 24.1 Å². The fourth-order valence-electron chi connectivity index (χ4n) is 4.08. The first-order valence-electron chi connectivity index (χ1n) is 8.84. The summed E-state index contributed by atoms with van der Waals surface area (Å²) in [4.78, 5) is 0. The zero-order chi connectivity index (χ0) is 19.4. The van der Waals surface area contributed by atoms with Gasteiger partial charge in [0.2, 0.25) is 5.79 Å². The Morgan fingerprint density at radius 3 is 2.46 bits per heavy atom. The van der Waals surface area contributed by atoms with Crippen LogP contribution in [0.4, 0.5) is 0 Å². The van der Waals surface area contributed by atoms with E-state index >= 15 is 0 Å². The Morgan fingerprint density at radius 2 is 1.92 bits per heavy atom. The summed E-state index contributed by atoms with van der Waals surface area (Å²) in [6.45, 7) is 13.8. The van der Waals surface area contributed by atoms with Crippen LogP contribution in [-0.4, -0.2) is 46.0 Å². The molecular weight excluding hydrogens is 336 g/mol. The molecular formula is C20H28O6. The Morgan fingerprint density at radius 1 is 1.27 bits per heavy atom. The van der Waals surface area contributed by atoms with E-state index in [9.17, 15) is 15.3 Å². The molecule has 1 fully saturated rings. The molecule has 0 aromatic rings. The molecule has 6 heteroatoms. The second-order valence-corrected chi connectivity index (χ2v) is 8.19. The van der Waals surface area contributed by atoms with Crippen LogP contribution >= 0.6 is 0 Å². The van der Waals surface area contributed by atoms with Gasteiger partial charge in [-0.05, 0) is 43.8 Å². The van der Waals surface area contributed by atoms with Crippen molar-refractivity contribution < 1.29 is 29.5 Å². The summed E-state index contributed by atoms with van der Waals surface area (Å²) in [5, 5.41) is 30.7. The van der Waals surface area contributed by atoms with Crippen LogP contribution in [0.25, 0.3) is 0 Å². The molecule has 1 aliphatic carbocycles. The van der Waals surface area contributed by atoms with Crippen molar-refractivity contribution in [3.8, 4) is 0 Å². The molecule has 0 radical (unpaired) electrons. The standard InChI is InChI=1S/C20H28O6/c1-10(2)7-13-11(3)20(15(21)8-19(13,5)6)24-9-14(26-20)18-17(23)16(22)12(4)25-18/h7,14-15,18,21-23H,4,8-9H2,1-3,5-6H3/t14?,15?,18-,20?/m1/s1. The van der Waals surface area contributed by atoms with Crippen molar-refractivity contribution in [3.63, 3.8) is 0 Å². The van der Waals surface area contributed by atoms with Gasteiger partial charge in [0.05, 0.1) is 6.61 Å². The van der Waals surface area contributed by atoms with Gasteiger partial charge in [0.1, 0.15) is 12.2 Å². The molecule has 4 atom stereocenters. The van der Waals surface area contributed by atoms with Gasteiger partial charge in [-0.15, -0.1) is 0 Å². The quantitative estimate of drug-likeness (QED) is 0.696. The van der Waals surface area contributed by atoms with Crippen molar-refractivity contribution >= 4 is 0 Å². The third kappa shape index (κ3) is 2.76. The predicted octanol–water partition coefficient (Wildman–Crippen LogP) is 3.41. The number of allylic oxidation sites excluding steroid dienone is 3. The number of rotatable bonds is 2. The average Bonchev–Trinajstić information content (AvgIpc) is 3.08. The van der Waals surface area contributed by atoms with Gasteiger partial charge in [-0.3, -0.25) is 0 Å². The molecule has 0 aromatic heterocycles. The first kappa shape index (κ1) is 19.0. The summed E-state index contributed by atoms with van der Waals surface area (Å²) in [6, 6.07) is 0. The summed E-state index contributed by atoms with van der Waals surface area (Å²) in [5.74, 6) is -1.98. The average molecular weight is 364 g/mol. The minimum atomic E-state index is -1.29. The van der Waals surface area contributed by atoms with Gasteiger partial charge in [0, 0.05) is 0 Å². The van der Waals surface area contributed by atoms with E-state index in [-0.39, 0.29) is 29.3 Å². The van der Waals surface area contributed by atoms with E-state index in [0.717, 1.165) is 16.7 Å². The smallest absolute Gasteiger partial charge is 0.218 e. The maximum absolute atomic E-state index is 10.9. The topological polar surface area (TPSA) is 88.4 Å². The Kier molecular flexibility index (Phi) is 4.50. The maximum atomic E-state index is 10.9. The van der Waals surface area contributed by atoms with E-state index in [4.69, 9.17) is 14.2 Å². The number of hydrogen-bond acceptors (Lipinski definition) is 6. The van der Waals surface area contributed by atoms with Crippen molar-refractivity contribution in [2.45, 2.75) is 65.1 Å². The summed E-state index contributed by atoms with van der Waals surface area (Å²) < 4.78 is 17.5. The first-order valence-corrected chi connectivity index (χ1v) is 8.84. The minimum Gasteiger partial charge on any atom is -0.505 e. The van der Waals surface area contributed by atoms with Gasteiger partial charge in [0.15, 0.2) is 23.4 Å². The van der Waals surface area contributed by atoms with Crippen LogP contribution < -0.4 is 0 Å². The van der Waals surface area contributed by atoms with Crippen LogP contribution in [0.15, 0.2) is 46.7 Å². The lowest BCUT2D eigenvalue weighted by Gasteiger charge is -2.45. The van der Waals surface area contributed by atoms with Crippen LogP contribution in [0.2, 0.25) is 0 Å². The van der Waals surface area contributed by atoms with Crippen molar-refractivity contribution in [2.24, 2.45) is 5.41 Å². The SMILES string of the molecule is C=C1O[C@H](C2COC3(O2)C(C)=C(C=C(C)C)C(C)(C)CC3O)C(O)=C1O. The molecule has 1 saturated heterocycles. The van der Waals surface area contributed by atoms with Gasteiger partial charge in [-0.25, -0.2) is 0 Å². The zero-order valence-electron chi connectivity index (χ0n) is 16.0. The van der Waals surface area contributed by atoms with Crippen LogP contribution in [0.5, 0.6) is 0 Å². The Bertz CT molecular complexity index is 725. The Labute approximate surface area is 154 Å². The highest BCUT2D eigenvalue weighted by Crippen LogP contribution is 2.50. The van der Waals surface area contributed by atoms with Gasteiger partial charge >= 0.3 is 0 Å². The summed E-state index contributed by atoms with van der Waals surface area (Å²) in [6.07, 6.45) is 0.140. The van der Waals surface area contributed by atoms with Crippen molar-refractivity contribution in [3.05, 3.63) is 46.7 Å². The van der Waals surface area contributed by atoms with E-state index in [1.54, 1.807) is 0 Å². The highest BCUT2D eigenvalue weighted by atomic mass is 16.8. The van der Waals surface area contributed by atoms with E-state index in [2.05, 4.69) is 26.5 Å². The van der Waals surface area contributed by atoms with E-state index in [1.165, 1.54) is 0 Å². The lowest BCUT2D eigenvalue weighted by molar-refractivity contribution is -0.220. The summed E-state index contributed by atoms with van der Waals surface area (Å²) in [7, 11) is 0. The lowest BCUT2D eigenvalue weighted by atomic mass is 9.68. The molecule has 3 rings (SSSR count). The maximum Gasteiger partial charge on any atom is 0.218 e. The van der Waals surface area contributed by atoms with Crippen LogP contribution in [0, 0.1) is 5.41 Å². The van der Waals surface area contributed by atoms with Gasteiger partial charge in [0.25, 0.3) is 0 Å². The second-order valence-electron chi connectivity index (χ2n) is 8.19. The highest BCUT2D eigenvalue weighted by Gasteiger charge is 2.57. The van der Waals surface area contributed by atoms with Crippen LogP contribution in [0.3, 0.4) is 0 Å². The molecule has 1 spiro atoms. The fraction of sp³-hybridized carbons (Fsp3) is 0.600. The number of ether oxygens (including phenoxy) is 3. The lowest BCUT2D eigenvalue weighted by Crippen LogP contribution is -2.52. The molecule has 3 aliphatic rings. The fourth-order valence-corrected chi connectivity index (χ4v) is 4.08. The number of aliphatic hydroxyl groups excluding tert-OH is 3. The molecule has 6 nitrogen and oxygen atoms in total. The number of hydrogen-bond donors (Lipinski definition) is 3. The predicted molar refractivity (Wildman–Crippen MR) is 96.4 cm³/mol. The first-order chi connectivity index (χ1) is 12.0. The third-order valence-corrected chi connectivity index (χ3v) is 5.40. The Hall–Kier alpha value is -1.76. The molecule has 0 amide bonds. The molecule has 2 aliphatic heterocycles. The zero-order valence-corrected chi connectivity index (χ0v) is 16.0. The van der Waals surface area contributed by atoms with Crippen LogP contribution in [0.1, 0.15) is 41.0 Å². The highest BCUT2D eigenvalue weighted by molar-refractivity contribution is 5.40. The molecule has 0 saturated carbocycles. The van der Waals surface area contributed by atoms with Gasteiger partial charge in [-0.2, -0.15) is 0 Å². The van der Waals surface area contributed by atoms with E-state index in [1.807, 2.05) is 20.8 Å².